The minimum Gasteiger partial charge on any atom is -0.314 e. The molecule has 2 heteroatoms. The second-order valence-corrected chi connectivity index (χ2v) is 4.47. The van der Waals surface area contributed by atoms with E-state index in [2.05, 4.69) is 17.1 Å². The van der Waals surface area contributed by atoms with E-state index in [1.807, 2.05) is 0 Å². The molecular formula is C11H22N2. The van der Waals surface area contributed by atoms with Crippen LogP contribution in [0.4, 0.5) is 0 Å². The van der Waals surface area contributed by atoms with Crippen LogP contribution in [0.3, 0.4) is 0 Å². The maximum Gasteiger partial charge on any atom is 0.0224 e. The average Bonchev–Trinajstić information content (AvgIpc) is 2.05. The number of hydrogen-bond acceptors (Lipinski definition) is 2. The lowest BCUT2D eigenvalue weighted by molar-refractivity contribution is 0.0562. The fourth-order valence-electron chi connectivity index (χ4n) is 2.58. The van der Waals surface area contributed by atoms with Crippen LogP contribution in [0.5, 0.6) is 0 Å². The Kier molecular flexibility index (Phi) is 3.23. The van der Waals surface area contributed by atoms with Gasteiger partial charge in [-0.15, -0.1) is 0 Å². The zero-order chi connectivity index (χ0) is 9.10. The molecule has 0 spiro atoms. The molecule has 0 aromatic heterocycles. The summed E-state index contributed by atoms with van der Waals surface area (Å²) in [4.78, 5) is 2.77. The Labute approximate surface area is 81.7 Å². The first kappa shape index (κ1) is 9.47. The van der Waals surface area contributed by atoms with Crippen LogP contribution in [0.25, 0.3) is 0 Å². The summed E-state index contributed by atoms with van der Waals surface area (Å²) in [6.07, 6.45) is 7.09. The maximum absolute atomic E-state index is 3.51. The largest absolute Gasteiger partial charge is 0.314 e. The summed E-state index contributed by atoms with van der Waals surface area (Å²) in [5.74, 6) is 0. The predicted octanol–water partition coefficient (Wildman–Crippen LogP) is 1.61. The predicted molar refractivity (Wildman–Crippen MR) is 55.9 cm³/mol. The van der Waals surface area contributed by atoms with Crippen LogP contribution in [0, 0.1) is 0 Å². The van der Waals surface area contributed by atoms with Crippen molar-refractivity contribution in [2.45, 2.75) is 51.1 Å². The minimum absolute atomic E-state index is 0.837. The first-order valence-corrected chi connectivity index (χ1v) is 5.88. The second-order valence-electron chi connectivity index (χ2n) is 4.47. The summed E-state index contributed by atoms with van der Waals surface area (Å²) in [5, 5.41) is 3.51. The van der Waals surface area contributed by atoms with Crippen LogP contribution in [-0.4, -0.2) is 36.6 Å². The molecule has 1 atom stereocenters. The third-order valence-corrected chi connectivity index (χ3v) is 3.56. The van der Waals surface area contributed by atoms with Crippen molar-refractivity contribution < 1.29 is 0 Å². The highest BCUT2D eigenvalue weighted by Crippen LogP contribution is 2.28. The third kappa shape index (κ3) is 2.05. The lowest BCUT2D eigenvalue weighted by Gasteiger charge is -2.45. The van der Waals surface area contributed by atoms with Gasteiger partial charge in [-0.2, -0.15) is 0 Å². The van der Waals surface area contributed by atoms with Crippen molar-refractivity contribution in [1.82, 2.24) is 10.2 Å². The van der Waals surface area contributed by atoms with Crippen molar-refractivity contribution in [2.24, 2.45) is 0 Å². The summed E-state index contributed by atoms with van der Waals surface area (Å²) < 4.78 is 0. The Morgan fingerprint density at radius 3 is 2.85 bits per heavy atom. The van der Waals surface area contributed by atoms with Gasteiger partial charge in [0, 0.05) is 31.7 Å². The highest BCUT2D eigenvalue weighted by molar-refractivity contribution is 4.88. The maximum atomic E-state index is 3.51. The van der Waals surface area contributed by atoms with E-state index >= 15 is 0 Å². The monoisotopic (exact) mass is 182 g/mol. The van der Waals surface area contributed by atoms with Gasteiger partial charge in [0.15, 0.2) is 0 Å². The minimum atomic E-state index is 0.837. The van der Waals surface area contributed by atoms with Gasteiger partial charge in [-0.3, -0.25) is 4.90 Å². The molecule has 13 heavy (non-hydrogen) atoms. The van der Waals surface area contributed by atoms with E-state index < -0.39 is 0 Å². The fraction of sp³-hybridized carbons (Fsp3) is 1.00. The van der Waals surface area contributed by atoms with Crippen LogP contribution in [-0.2, 0) is 0 Å². The van der Waals surface area contributed by atoms with Crippen molar-refractivity contribution >= 4 is 0 Å². The normalized spacial score (nSPS) is 31.6. The molecule has 76 valence electrons. The molecule has 1 aliphatic heterocycles. The molecular weight excluding hydrogens is 160 g/mol. The summed E-state index contributed by atoms with van der Waals surface area (Å²) >= 11 is 0. The van der Waals surface area contributed by atoms with Gasteiger partial charge in [-0.05, 0) is 19.3 Å². The highest BCUT2D eigenvalue weighted by Gasteiger charge is 2.31. The van der Waals surface area contributed by atoms with Crippen molar-refractivity contribution in [3.63, 3.8) is 0 Å². The first-order chi connectivity index (χ1) is 6.42. The number of nitrogens with zero attached hydrogens (tertiary/aromatic N) is 1. The zero-order valence-corrected chi connectivity index (χ0v) is 8.76. The van der Waals surface area contributed by atoms with Gasteiger partial charge in [0.2, 0.25) is 0 Å². The van der Waals surface area contributed by atoms with Crippen molar-refractivity contribution in [2.75, 3.05) is 19.6 Å². The van der Waals surface area contributed by atoms with E-state index in [1.165, 1.54) is 51.7 Å². The molecule has 1 saturated carbocycles. The van der Waals surface area contributed by atoms with Crippen molar-refractivity contribution in [3.8, 4) is 0 Å². The highest BCUT2D eigenvalue weighted by atomic mass is 15.2. The van der Waals surface area contributed by atoms with Crippen molar-refractivity contribution in [1.29, 1.82) is 0 Å². The summed E-state index contributed by atoms with van der Waals surface area (Å²) in [5.41, 5.74) is 0. The van der Waals surface area contributed by atoms with E-state index in [0.29, 0.717) is 0 Å². The second kappa shape index (κ2) is 4.43. The molecule has 1 saturated heterocycles. The Bertz CT molecular complexity index is 152. The van der Waals surface area contributed by atoms with Gasteiger partial charge >= 0.3 is 0 Å². The molecule has 0 aromatic rings. The van der Waals surface area contributed by atoms with E-state index in [1.54, 1.807) is 0 Å². The molecule has 2 rings (SSSR count). The van der Waals surface area contributed by atoms with Crippen LogP contribution >= 0.6 is 0 Å². The van der Waals surface area contributed by atoms with Gasteiger partial charge in [0.05, 0.1) is 0 Å². The fourth-order valence-corrected chi connectivity index (χ4v) is 2.58. The molecule has 0 amide bonds. The first-order valence-electron chi connectivity index (χ1n) is 5.88. The van der Waals surface area contributed by atoms with E-state index in [0.717, 1.165) is 12.1 Å². The lowest BCUT2D eigenvalue weighted by atomic mass is 9.89. The van der Waals surface area contributed by atoms with Crippen molar-refractivity contribution in [3.05, 3.63) is 0 Å². The molecule has 1 aliphatic carbocycles. The standard InChI is InChI=1S/C11H22N2/c1-2-4-11-9-12-7-8-13(11)10-5-3-6-10/h10-12H,2-9H2,1H3. The lowest BCUT2D eigenvalue weighted by Crippen LogP contribution is -2.56. The molecule has 0 radical (unpaired) electrons. The van der Waals surface area contributed by atoms with Crippen LogP contribution in [0.15, 0.2) is 0 Å². The van der Waals surface area contributed by atoms with E-state index in [9.17, 15) is 0 Å². The smallest absolute Gasteiger partial charge is 0.0224 e. The third-order valence-electron chi connectivity index (χ3n) is 3.56. The quantitative estimate of drug-likeness (QED) is 0.713. The van der Waals surface area contributed by atoms with Crippen LogP contribution < -0.4 is 5.32 Å². The average molecular weight is 182 g/mol. The molecule has 1 unspecified atom stereocenters. The van der Waals surface area contributed by atoms with Gasteiger partial charge in [-0.25, -0.2) is 0 Å². The Morgan fingerprint density at radius 1 is 1.38 bits per heavy atom. The zero-order valence-electron chi connectivity index (χ0n) is 8.76. The number of rotatable bonds is 3. The molecule has 1 N–H and O–H groups in total. The Hall–Kier alpha value is -0.0800. The number of piperazine rings is 1. The Morgan fingerprint density at radius 2 is 2.23 bits per heavy atom. The molecule has 1 heterocycles. The van der Waals surface area contributed by atoms with Gasteiger partial charge < -0.3 is 5.32 Å². The molecule has 2 fully saturated rings. The van der Waals surface area contributed by atoms with Crippen LogP contribution in [0.1, 0.15) is 39.0 Å². The SMILES string of the molecule is CCCC1CNCCN1C1CCC1. The van der Waals surface area contributed by atoms with Gasteiger partial charge in [0.1, 0.15) is 0 Å². The molecule has 2 nitrogen and oxygen atoms in total. The van der Waals surface area contributed by atoms with E-state index in [-0.39, 0.29) is 0 Å². The van der Waals surface area contributed by atoms with E-state index in [4.69, 9.17) is 0 Å². The number of nitrogens with one attached hydrogen (secondary N) is 1. The number of hydrogen-bond donors (Lipinski definition) is 1. The summed E-state index contributed by atoms with van der Waals surface area (Å²) in [6, 6.07) is 1.78. The molecule has 0 aromatic carbocycles. The van der Waals surface area contributed by atoms with Gasteiger partial charge in [0.25, 0.3) is 0 Å². The van der Waals surface area contributed by atoms with Crippen LogP contribution in [0.2, 0.25) is 0 Å². The van der Waals surface area contributed by atoms with Gasteiger partial charge in [-0.1, -0.05) is 19.8 Å². The summed E-state index contributed by atoms with van der Waals surface area (Å²) in [6.45, 7) is 6.02. The molecule has 0 bridgehead atoms. The summed E-state index contributed by atoms with van der Waals surface area (Å²) in [7, 11) is 0. The Balaban J connectivity index is 1.87. The topological polar surface area (TPSA) is 15.3 Å². The molecule has 2 aliphatic rings.